The molecule has 27 heavy (non-hydrogen) atoms. The Bertz CT molecular complexity index is 657. The van der Waals surface area contributed by atoms with Gasteiger partial charge in [0.15, 0.2) is 0 Å². The molecule has 1 aliphatic heterocycles. The number of nitrogens with zero attached hydrogens (tertiary/aromatic N) is 1. The zero-order valence-electron chi connectivity index (χ0n) is 15.4. The maximum Gasteiger partial charge on any atom is 0.252 e. The van der Waals surface area contributed by atoms with Crippen molar-refractivity contribution >= 4 is 35.0 Å². The number of likely N-dealkylation sites (tertiary alicyclic amines) is 1. The molecule has 2 amide bonds. The number of carbonyl (C=O) groups excluding carboxylic acids is 2. The van der Waals surface area contributed by atoms with Gasteiger partial charge in [0.05, 0.1) is 22.6 Å². The first-order valence-corrected chi connectivity index (χ1v) is 9.95. The summed E-state index contributed by atoms with van der Waals surface area (Å²) >= 11 is 11.9. The van der Waals surface area contributed by atoms with Crippen LogP contribution < -0.4 is 5.32 Å². The number of carbonyl (C=O) groups is 2. The van der Waals surface area contributed by atoms with E-state index in [2.05, 4.69) is 5.32 Å². The number of ether oxygens (including phenoxy) is 1. The summed E-state index contributed by atoms with van der Waals surface area (Å²) < 4.78 is 5.37. The van der Waals surface area contributed by atoms with Crippen molar-refractivity contribution in [3.05, 3.63) is 33.8 Å². The average Bonchev–Trinajstić information content (AvgIpc) is 2.93. The second-order valence-corrected chi connectivity index (χ2v) is 7.41. The number of halogens is 2. The maximum atomic E-state index is 12.3. The van der Waals surface area contributed by atoms with Crippen LogP contribution in [-0.2, 0) is 20.7 Å². The van der Waals surface area contributed by atoms with E-state index in [1.54, 1.807) is 6.07 Å². The Kier molecular flexibility index (Phi) is 8.83. The number of hydrogen-bond acceptors (Lipinski definition) is 4. The van der Waals surface area contributed by atoms with Gasteiger partial charge in [-0.15, -0.1) is 0 Å². The standard InChI is InChI=1S/C19H26Cl2N2O4/c1-2-9-27-10-8-23-12-14(17(24)19(23)26)18(25)22-7-3-4-13-5-6-15(20)16(21)11-13/h5-6,11,14,17,24H,2-4,7-10,12H2,1H3,(H,22,25). The Labute approximate surface area is 169 Å². The van der Waals surface area contributed by atoms with E-state index in [0.717, 1.165) is 24.8 Å². The highest BCUT2D eigenvalue weighted by Gasteiger charge is 2.42. The van der Waals surface area contributed by atoms with E-state index < -0.39 is 17.9 Å². The summed E-state index contributed by atoms with van der Waals surface area (Å²) in [6.45, 7) is 4.10. The molecule has 150 valence electrons. The van der Waals surface area contributed by atoms with Crippen molar-refractivity contribution in [2.45, 2.75) is 32.3 Å². The molecule has 2 rings (SSSR count). The Morgan fingerprint density at radius 1 is 1.33 bits per heavy atom. The number of nitrogens with one attached hydrogen (secondary N) is 1. The summed E-state index contributed by atoms with van der Waals surface area (Å²) in [6, 6.07) is 5.45. The Balaban J connectivity index is 1.73. The van der Waals surface area contributed by atoms with Crippen LogP contribution in [-0.4, -0.2) is 60.8 Å². The van der Waals surface area contributed by atoms with E-state index in [-0.39, 0.29) is 12.5 Å². The van der Waals surface area contributed by atoms with Crippen LogP contribution in [0.4, 0.5) is 0 Å². The molecule has 1 saturated heterocycles. The molecule has 1 aromatic carbocycles. The summed E-state index contributed by atoms with van der Waals surface area (Å²) in [5.41, 5.74) is 1.04. The average molecular weight is 417 g/mol. The Morgan fingerprint density at radius 3 is 2.81 bits per heavy atom. The second-order valence-electron chi connectivity index (χ2n) is 6.59. The summed E-state index contributed by atoms with van der Waals surface area (Å²) in [7, 11) is 0. The Morgan fingerprint density at radius 2 is 2.11 bits per heavy atom. The van der Waals surface area contributed by atoms with Crippen LogP contribution in [0.25, 0.3) is 0 Å². The monoisotopic (exact) mass is 416 g/mol. The molecule has 1 aromatic rings. The van der Waals surface area contributed by atoms with Crippen molar-refractivity contribution in [1.82, 2.24) is 10.2 Å². The molecule has 1 heterocycles. The molecule has 1 aliphatic rings. The molecule has 0 spiro atoms. The molecule has 8 heteroatoms. The second kappa shape index (κ2) is 10.9. The summed E-state index contributed by atoms with van der Waals surface area (Å²) in [5.74, 6) is -1.46. The van der Waals surface area contributed by atoms with Gasteiger partial charge in [-0.3, -0.25) is 9.59 Å². The van der Waals surface area contributed by atoms with Crippen molar-refractivity contribution in [1.29, 1.82) is 0 Å². The smallest absolute Gasteiger partial charge is 0.252 e. The first-order chi connectivity index (χ1) is 12.9. The number of hydrogen-bond donors (Lipinski definition) is 2. The predicted molar refractivity (Wildman–Crippen MR) is 105 cm³/mol. The fraction of sp³-hybridized carbons (Fsp3) is 0.579. The molecule has 6 nitrogen and oxygen atoms in total. The number of aliphatic hydroxyl groups excluding tert-OH is 1. The largest absolute Gasteiger partial charge is 0.382 e. The fourth-order valence-electron chi connectivity index (χ4n) is 2.97. The quantitative estimate of drug-likeness (QED) is 0.573. The van der Waals surface area contributed by atoms with Gasteiger partial charge < -0.3 is 20.1 Å². The van der Waals surface area contributed by atoms with Gasteiger partial charge in [0.25, 0.3) is 5.91 Å². The Hall–Kier alpha value is -1.34. The highest BCUT2D eigenvalue weighted by molar-refractivity contribution is 6.42. The molecular weight excluding hydrogens is 391 g/mol. The van der Waals surface area contributed by atoms with Crippen molar-refractivity contribution in [3.8, 4) is 0 Å². The van der Waals surface area contributed by atoms with Crippen LogP contribution >= 0.6 is 23.2 Å². The minimum atomic E-state index is -1.29. The van der Waals surface area contributed by atoms with Gasteiger partial charge >= 0.3 is 0 Å². The molecule has 2 atom stereocenters. The molecule has 0 bridgehead atoms. The maximum absolute atomic E-state index is 12.3. The molecule has 2 unspecified atom stereocenters. The molecule has 0 aliphatic carbocycles. The van der Waals surface area contributed by atoms with Crippen LogP contribution in [0, 0.1) is 5.92 Å². The van der Waals surface area contributed by atoms with Gasteiger partial charge in [0.2, 0.25) is 5.91 Å². The number of rotatable bonds is 10. The molecular formula is C19H26Cl2N2O4. The lowest BCUT2D eigenvalue weighted by atomic mass is 10.1. The van der Waals surface area contributed by atoms with E-state index in [9.17, 15) is 14.7 Å². The van der Waals surface area contributed by atoms with E-state index in [1.807, 2.05) is 19.1 Å². The van der Waals surface area contributed by atoms with E-state index in [1.165, 1.54) is 4.90 Å². The zero-order chi connectivity index (χ0) is 19.8. The zero-order valence-corrected chi connectivity index (χ0v) is 16.9. The third kappa shape index (κ3) is 6.35. The lowest BCUT2D eigenvalue weighted by molar-refractivity contribution is -0.138. The minimum Gasteiger partial charge on any atom is -0.382 e. The highest BCUT2D eigenvalue weighted by Crippen LogP contribution is 2.23. The fourth-order valence-corrected chi connectivity index (χ4v) is 3.29. The third-order valence-electron chi connectivity index (χ3n) is 4.48. The van der Waals surface area contributed by atoms with Crippen molar-refractivity contribution in [2.75, 3.05) is 32.8 Å². The molecule has 1 fully saturated rings. The minimum absolute atomic E-state index is 0.216. The molecule has 0 saturated carbocycles. The van der Waals surface area contributed by atoms with Gasteiger partial charge in [-0.2, -0.15) is 0 Å². The highest BCUT2D eigenvalue weighted by atomic mass is 35.5. The SMILES string of the molecule is CCCOCCN1CC(C(=O)NCCCc2ccc(Cl)c(Cl)c2)C(O)C1=O. The van der Waals surface area contributed by atoms with Crippen LogP contribution in [0.5, 0.6) is 0 Å². The number of aryl methyl sites for hydroxylation is 1. The van der Waals surface area contributed by atoms with Crippen molar-refractivity contribution < 1.29 is 19.4 Å². The van der Waals surface area contributed by atoms with Gasteiger partial charge in [-0.25, -0.2) is 0 Å². The normalized spacial score (nSPS) is 19.6. The van der Waals surface area contributed by atoms with E-state index in [4.69, 9.17) is 27.9 Å². The third-order valence-corrected chi connectivity index (χ3v) is 5.22. The summed E-state index contributed by atoms with van der Waals surface area (Å²) in [6.07, 6.45) is 1.08. The van der Waals surface area contributed by atoms with Crippen LogP contribution in [0.15, 0.2) is 18.2 Å². The van der Waals surface area contributed by atoms with E-state index in [0.29, 0.717) is 36.3 Å². The topological polar surface area (TPSA) is 78.9 Å². The summed E-state index contributed by atoms with van der Waals surface area (Å²) in [4.78, 5) is 25.9. The molecule has 2 N–H and O–H groups in total. The van der Waals surface area contributed by atoms with Crippen molar-refractivity contribution in [3.63, 3.8) is 0 Å². The van der Waals surface area contributed by atoms with Crippen LogP contribution in [0.2, 0.25) is 10.0 Å². The van der Waals surface area contributed by atoms with Crippen molar-refractivity contribution in [2.24, 2.45) is 5.92 Å². The van der Waals surface area contributed by atoms with Gasteiger partial charge in [-0.1, -0.05) is 36.2 Å². The van der Waals surface area contributed by atoms with Crippen LogP contribution in [0.3, 0.4) is 0 Å². The lowest BCUT2D eigenvalue weighted by Gasteiger charge is -2.16. The number of benzene rings is 1. The molecule has 0 aromatic heterocycles. The van der Waals surface area contributed by atoms with E-state index >= 15 is 0 Å². The first kappa shape index (κ1) is 22.0. The predicted octanol–water partition coefficient (Wildman–Crippen LogP) is 2.29. The number of amides is 2. The summed E-state index contributed by atoms with van der Waals surface area (Å²) in [5, 5.41) is 13.9. The van der Waals surface area contributed by atoms with Gasteiger partial charge in [0.1, 0.15) is 6.10 Å². The number of aliphatic hydroxyl groups is 1. The first-order valence-electron chi connectivity index (χ1n) is 9.20. The van der Waals surface area contributed by atoms with Crippen LogP contribution in [0.1, 0.15) is 25.3 Å². The van der Waals surface area contributed by atoms with Gasteiger partial charge in [0, 0.05) is 26.2 Å². The van der Waals surface area contributed by atoms with Gasteiger partial charge in [-0.05, 0) is 37.0 Å². The lowest BCUT2D eigenvalue weighted by Crippen LogP contribution is -2.38. The molecule has 0 radical (unpaired) electrons.